The lowest BCUT2D eigenvalue weighted by molar-refractivity contribution is 0.253. The fraction of sp³-hybridized carbons (Fsp3) is 0.176. The standard InChI is InChI=1S/C17H16N2O/c1-3-5-15-9-8-14(7-6-13(2)20)12-16(15)17-18-10-4-11-19-17/h3-4,8-13,20H,1,5H2,2H3. The van der Waals surface area contributed by atoms with Crippen LogP contribution >= 0.6 is 0 Å². The van der Waals surface area contributed by atoms with Crippen LogP contribution in [0, 0.1) is 11.8 Å². The van der Waals surface area contributed by atoms with Crippen molar-refractivity contribution in [2.75, 3.05) is 0 Å². The lowest BCUT2D eigenvalue weighted by atomic mass is 10.0. The van der Waals surface area contributed by atoms with Gasteiger partial charge in [0.1, 0.15) is 6.10 Å². The summed E-state index contributed by atoms with van der Waals surface area (Å²) in [5, 5.41) is 9.23. The van der Waals surface area contributed by atoms with Gasteiger partial charge in [-0.25, -0.2) is 9.97 Å². The first kappa shape index (κ1) is 14.0. The quantitative estimate of drug-likeness (QED) is 0.684. The first-order valence-electron chi connectivity index (χ1n) is 6.41. The molecule has 0 saturated carbocycles. The Kier molecular flexibility index (Phi) is 4.65. The van der Waals surface area contributed by atoms with Crippen LogP contribution in [0.2, 0.25) is 0 Å². The van der Waals surface area contributed by atoms with Crippen LogP contribution in [0.5, 0.6) is 0 Å². The van der Waals surface area contributed by atoms with Crippen LogP contribution in [0.4, 0.5) is 0 Å². The zero-order chi connectivity index (χ0) is 14.4. The van der Waals surface area contributed by atoms with Crippen molar-refractivity contribution in [3.05, 3.63) is 60.4 Å². The number of allylic oxidation sites excluding steroid dienone is 1. The van der Waals surface area contributed by atoms with Gasteiger partial charge in [-0.05, 0) is 37.1 Å². The lowest BCUT2D eigenvalue weighted by Gasteiger charge is -2.07. The average molecular weight is 264 g/mol. The first-order chi connectivity index (χ1) is 9.70. The van der Waals surface area contributed by atoms with Crippen molar-refractivity contribution in [1.82, 2.24) is 9.97 Å². The Morgan fingerprint density at radius 1 is 1.35 bits per heavy atom. The van der Waals surface area contributed by atoms with Gasteiger partial charge in [0.05, 0.1) is 0 Å². The van der Waals surface area contributed by atoms with Gasteiger partial charge in [-0.1, -0.05) is 24.0 Å². The second kappa shape index (κ2) is 6.65. The van der Waals surface area contributed by atoms with E-state index in [1.54, 1.807) is 25.4 Å². The van der Waals surface area contributed by atoms with E-state index in [9.17, 15) is 5.11 Å². The van der Waals surface area contributed by atoms with Crippen LogP contribution in [0.25, 0.3) is 11.4 Å². The molecule has 3 heteroatoms. The van der Waals surface area contributed by atoms with E-state index in [0.717, 1.165) is 23.1 Å². The molecule has 1 unspecified atom stereocenters. The fourth-order valence-corrected chi connectivity index (χ4v) is 1.82. The van der Waals surface area contributed by atoms with Gasteiger partial charge in [0, 0.05) is 23.5 Å². The Morgan fingerprint density at radius 3 is 2.75 bits per heavy atom. The maximum absolute atomic E-state index is 9.23. The molecular formula is C17H16N2O. The number of benzene rings is 1. The molecule has 0 saturated heterocycles. The van der Waals surface area contributed by atoms with E-state index in [1.807, 2.05) is 24.3 Å². The maximum Gasteiger partial charge on any atom is 0.159 e. The number of aliphatic hydroxyl groups is 1. The predicted octanol–water partition coefficient (Wildman–Crippen LogP) is 2.60. The van der Waals surface area contributed by atoms with Gasteiger partial charge >= 0.3 is 0 Å². The third kappa shape index (κ3) is 3.53. The number of rotatable bonds is 3. The molecule has 1 N–H and O–H groups in total. The monoisotopic (exact) mass is 264 g/mol. The summed E-state index contributed by atoms with van der Waals surface area (Å²) in [4.78, 5) is 8.57. The minimum Gasteiger partial charge on any atom is -0.381 e. The summed E-state index contributed by atoms with van der Waals surface area (Å²) < 4.78 is 0. The van der Waals surface area contributed by atoms with Crippen LogP contribution < -0.4 is 0 Å². The molecule has 0 aliphatic heterocycles. The molecule has 3 nitrogen and oxygen atoms in total. The highest BCUT2D eigenvalue weighted by molar-refractivity contribution is 5.63. The highest BCUT2D eigenvalue weighted by atomic mass is 16.3. The molecular weight excluding hydrogens is 248 g/mol. The maximum atomic E-state index is 9.23. The van der Waals surface area contributed by atoms with E-state index >= 15 is 0 Å². The Bertz CT molecular complexity index is 652. The summed E-state index contributed by atoms with van der Waals surface area (Å²) >= 11 is 0. The van der Waals surface area contributed by atoms with E-state index < -0.39 is 6.10 Å². The van der Waals surface area contributed by atoms with E-state index in [-0.39, 0.29) is 0 Å². The average Bonchev–Trinajstić information content (AvgIpc) is 2.47. The van der Waals surface area contributed by atoms with Crippen LogP contribution in [0.15, 0.2) is 49.3 Å². The highest BCUT2D eigenvalue weighted by Gasteiger charge is 2.07. The van der Waals surface area contributed by atoms with Gasteiger partial charge in [0.15, 0.2) is 5.82 Å². The molecule has 1 heterocycles. The van der Waals surface area contributed by atoms with Gasteiger partial charge in [-0.15, -0.1) is 6.58 Å². The molecule has 0 aliphatic carbocycles. The van der Waals surface area contributed by atoms with Crippen LogP contribution in [-0.4, -0.2) is 21.2 Å². The Morgan fingerprint density at radius 2 is 2.10 bits per heavy atom. The van der Waals surface area contributed by atoms with Crippen LogP contribution in [0.1, 0.15) is 18.1 Å². The van der Waals surface area contributed by atoms with E-state index in [1.165, 1.54) is 0 Å². The number of nitrogens with zero attached hydrogens (tertiary/aromatic N) is 2. The van der Waals surface area contributed by atoms with Gasteiger partial charge in [0.25, 0.3) is 0 Å². The summed E-state index contributed by atoms with van der Waals surface area (Å²) in [6.45, 7) is 5.41. The summed E-state index contributed by atoms with van der Waals surface area (Å²) in [5.74, 6) is 6.35. The molecule has 0 bridgehead atoms. The number of aromatic nitrogens is 2. The topological polar surface area (TPSA) is 46.0 Å². The molecule has 1 aromatic carbocycles. The molecule has 0 spiro atoms. The number of hydrogen-bond acceptors (Lipinski definition) is 3. The third-order valence-electron chi connectivity index (χ3n) is 2.71. The first-order valence-corrected chi connectivity index (χ1v) is 6.41. The Labute approximate surface area is 119 Å². The molecule has 0 fully saturated rings. The third-order valence-corrected chi connectivity index (χ3v) is 2.71. The van der Waals surface area contributed by atoms with E-state index in [2.05, 4.69) is 28.4 Å². The fourth-order valence-electron chi connectivity index (χ4n) is 1.82. The molecule has 2 rings (SSSR count). The summed E-state index contributed by atoms with van der Waals surface area (Å²) in [5.41, 5.74) is 2.89. The minimum atomic E-state index is -0.640. The minimum absolute atomic E-state index is 0.640. The smallest absolute Gasteiger partial charge is 0.159 e. The summed E-state index contributed by atoms with van der Waals surface area (Å²) in [6, 6.07) is 7.66. The van der Waals surface area contributed by atoms with Crippen LogP contribution in [-0.2, 0) is 6.42 Å². The van der Waals surface area contributed by atoms with Crippen molar-refractivity contribution in [2.45, 2.75) is 19.4 Å². The van der Waals surface area contributed by atoms with Gasteiger partial charge in [-0.3, -0.25) is 0 Å². The summed E-state index contributed by atoms with van der Waals surface area (Å²) in [7, 11) is 0. The molecule has 100 valence electrons. The van der Waals surface area contributed by atoms with Gasteiger partial charge in [0.2, 0.25) is 0 Å². The second-order valence-electron chi connectivity index (χ2n) is 4.38. The van der Waals surface area contributed by atoms with Crippen molar-refractivity contribution in [1.29, 1.82) is 0 Å². The van der Waals surface area contributed by atoms with Crippen molar-refractivity contribution in [2.24, 2.45) is 0 Å². The molecule has 1 aromatic heterocycles. The largest absolute Gasteiger partial charge is 0.381 e. The second-order valence-corrected chi connectivity index (χ2v) is 4.38. The SMILES string of the molecule is C=CCc1ccc(C#CC(C)O)cc1-c1ncccn1. The molecule has 20 heavy (non-hydrogen) atoms. The van der Waals surface area contributed by atoms with Crippen molar-refractivity contribution >= 4 is 0 Å². The van der Waals surface area contributed by atoms with Crippen molar-refractivity contribution in [3.63, 3.8) is 0 Å². The van der Waals surface area contributed by atoms with Crippen molar-refractivity contribution < 1.29 is 5.11 Å². The van der Waals surface area contributed by atoms with Gasteiger partial charge in [-0.2, -0.15) is 0 Å². The zero-order valence-corrected chi connectivity index (χ0v) is 11.4. The number of aliphatic hydroxyl groups excluding tert-OH is 1. The lowest BCUT2D eigenvalue weighted by Crippen LogP contribution is -1.95. The molecule has 1 atom stereocenters. The summed E-state index contributed by atoms with van der Waals surface area (Å²) in [6.07, 6.45) is 5.39. The molecule has 0 aliphatic rings. The van der Waals surface area contributed by atoms with Gasteiger partial charge < -0.3 is 5.11 Å². The van der Waals surface area contributed by atoms with Crippen LogP contribution in [0.3, 0.4) is 0 Å². The Hall–Kier alpha value is -2.44. The van der Waals surface area contributed by atoms with Crippen molar-refractivity contribution in [3.8, 4) is 23.2 Å². The van der Waals surface area contributed by atoms with E-state index in [4.69, 9.17) is 0 Å². The number of hydrogen-bond donors (Lipinski definition) is 1. The highest BCUT2D eigenvalue weighted by Crippen LogP contribution is 2.22. The zero-order valence-electron chi connectivity index (χ0n) is 11.4. The molecule has 0 radical (unpaired) electrons. The predicted molar refractivity (Wildman–Crippen MR) is 79.9 cm³/mol. The molecule has 2 aromatic rings. The van der Waals surface area contributed by atoms with E-state index in [0.29, 0.717) is 5.82 Å². The normalized spacial score (nSPS) is 11.3. The Balaban J connectivity index is 2.48. The molecule has 0 amide bonds.